The van der Waals surface area contributed by atoms with Crippen molar-refractivity contribution in [2.45, 2.75) is 39.2 Å². The van der Waals surface area contributed by atoms with Gasteiger partial charge in [-0.15, -0.1) is 11.3 Å². The summed E-state index contributed by atoms with van der Waals surface area (Å²) in [5.41, 5.74) is -0.781. The molecule has 1 fully saturated rings. The summed E-state index contributed by atoms with van der Waals surface area (Å²) in [6, 6.07) is 6.05. The van der Waals surface area contributed by atoms with Crippen molar-refractivity contribution in [3.63, 3.8) is 0 Å². The van der Waals surface area contributed by atoms with E-state index in [1.54, 1.807) is 4.90 Å². The third kappa shape index (κ3) is 2.93. The lowest BCUT2D eigenvalue weighted by Crippen LogP contribution is -2.41. The fourth-order valence-electron chi connectivity index (χ4n) is 2.61. The van der Waals surface area contributed by atoms with E-state index in [9.17, 15) is 10.1 Å². The zero-order valence-electron chi connectivity index (χ0n) is 11.0. The molecule has 1 aliphatic carbocycles. The number of hydrogen-bond donors (Lipinski definition) is 0. The van der Waals surface area contributed by atoms with Gasteiger partial charge >= 0.3 is 0 Å². The van der Waals surface area contributed by atoms with Gasteiger partial charge in [0, 0.05) is 11.4 Å². The molecule has 2 rings (SSSR count). The van der Waals surface area contributed by atoms with Crippen LogP contribution in [0.4, 0.5) is 0 Å². The molecule has 0 radical (unpaired) electrons. The lowest BCUT2D eigenvalue weighted by Gasteiger charge is -2.28. The zero-order valence-corrected chi connectivity index (χ0v) is 12.6. The number of amides is 1. The molecule has 0 bridgehead atoms. The van der Waals surface area contributed by atoms with Crippen molar-refractivity contribution in [1.82, 2.24) is 4.90 Å². The predicted molar refractivity (Wildman–Crippen MR) is 76.9 cm³/mol. The van der Waals surface area contributed by atoms with Crippen molar-refractivity contribution >= 4 is 28.8 Å². The summed E-state index contributed by atoms with van der Waals surface area (Å²) in [6.45, 7) is 3.13. The minimum absolute atomic E-state index is 0.0143. The van der Waals surface area contributed by atoms with Crippen LogP contribution in [0.5, 0.6) is 0 Å². The number of carbonyl (C=O) groups excluding carboxylic acids is 1. The average Bonchev–Trinajstić information content (AvgIpc) is 3.05. The highest BCUT2D eigenvalue weighted by Gasteiger charge is 2.43. The van der Waals surface area contributed by atoms with Gasteiger partial charge in [-0.05, 0) is 31.9 Å². The molecule has 5 heteroatoms. The van der Waals surface area contributed by atoms with Crippen molar-refractivity contribution in [2.24, 2.45) is 5.41 Å². The van der Waals surface area contributed by atoms with Gasteiger partial charge in [-0.1, -0.05) is 24.4 Å². The van der Waals surface area contributed by atoms with Gasteiger partial charge in [-0.2, -0.15) is 5.26 Å². The Morgan fingerprint density at radius 1 is 1.53 bits per heavy atom. The maximum Gasteiger partial charge on any atom is 0.243 e. The number of halogens is 1. The first-order chi connectivity index (χ1) is 9.11. The van der Waals surface area contributed by atoms with Crippen LogP contribution in [0.1, 0.15) is 37.5 Å². The predicted octanol–water partition coefficient (Wildman–Crippen LogP) is 3.83. The maximum absolute atomic E-state index is 12.6. The SMILES string of the molecule is CCN(Cc1ccc(Cl)s1)C(=O)C1(C#N)CCCC1. The molecular formula is C14H17ClN2OS. The minimum Gasteiger partial charge on any atom is -0.336 e. The summed E-state index contributed by atoms with van der Waals surface area (Å²) < 4.78 is 0.731. The summed E-state index contributed by atoms with van der Waals surface area (Å²) in [5.74, 6) is -0.0143. The smallest absolute Gasteiger partial charge is 0.243 e. The Morgan fingerprint density at radius 2 is 2.21 bits per heavy atom. The van der Waals surface area contributed by atoms with E-state index in [4.69, 9.17) is 11.6 Å². The van der Waals surface area contributed by atoms with Crippen LogP contribution in [-0.4, -0.2) is 17.4 Å². The van der Waals surface area contributed by atoms with Gasteiger partial charge in [0.15, 0.2) is 0 Å². The summed E-state index contributed by atoms with van der Waals surface area (Å²) in [7, 11) is 0. The molecule has 0 spiro atoms. The summed E-state index contributed by atoms with van der Waals surface area (Å²) in [6.07, 6.45) is 3.34. The Bertz CT molecular complexity index is 500. The maximum atomic E-state index is 12.6. The number of nitriles is 1. The van der Waals surface area contributed by atoms with Gasteiger partial charge < -0.3 is 4.90 Å². The number of nitrogens with zero attached hydrogens (tertiary/aromatic N) is 2. The van der Waals surface area contributed by atoms with Crippen LogP contribution in [0.2, 0.25) is 4.34 Å². The molecule has 1 heterocycles. The van der Waals surface area contributed by atoms with Crippen LogP contribution in [0.15, 0.2) is 12.1 Å². The van der Waals surface area contributed by atoms with Crippen LogP contribution in [0.3, 0.4) is 0 Å². The highest BCUT2D eigenvalue weighted by Crippen LogP contribution is 2.39. The van der Waals surface area contributed by atoms with Crippen molar-refractivity contribution < 1.29 is 4.79 Å². The third-order valence-corrected chi connectivity index (χ3v) is 4.94. The van der Waals surface area contributed by atoms with Crippen molar-refractivity contribution in [3.05, 3.63) is 21.3 Å². The quantitative estimate of drug-likeness (QED) is 0.847. The molecule has 1 aliphatic rings. The number of carbonyl (C=O) groups is 1. The summed E-state index contributed by atoms with van der Waals surface area (Å²) >= 11 is 7.40. The summed E-state index contributed by atoms with van der Waals surface area (Å²) in [4.78, 5) is 15.5. The van der Waals surface area contributed by atoms with E-state index >= 15 is 0 Å². The molecular weight excluding hydrogens is 280 g/mol. The second kappa shape index (κ2) is 5.94. The molecule has 1 saturated carbocycles. The van der Waals surface area contributed by atoms with Crippen LogP contribution in [-0.2, 0) is 11.3 Å². The fraction of sp³-hybridized carbons (Fsp3) is 0.571. The van der Waals surface area contributed by atoms with Gasteiger partial charge in [0.05, 0.1) is 17.0 Å². The molecule has 0 saturated heterocycles. The average molecular weight is 297 g/mol. The van der Waals surface area contributed by atoms with E-state index in [2.05, 4.69) is 6.07 Å². The molecule has 1 aromatic heterocycles. The number of rotatable bonds is 4. The number of thiophene rings is 1. The minimum atomic E-state index is -0.781. The van der Waals surface area contributed by atoms with Gasteiger partial charge in [-0.25, -0.2) is 0 Å². The van der Waals surface area contributed by atoms with Gasteiger partial charge in [-0.3, -0.25) is 4.79 Å². The second-order valence-corrected chi connectivity index (χ2v) is 6.73. The molecule has 1 amide bonds. The Balaban J connectivity index is 2.13. The van der Waals surface area contributed by atoms with Crippen molar-refractivity contribution in [2.75, 3.05) is 6.54 Å². The number of hydrogen-bond acceptors (Lipinski definition) is 3. The Morgan fingerprint density at radius 3 is 2.68 bits per heavy atom. The highest BCUT2D eigenvalue weighted by molar-refractivity contribution is 7.16. The molecule has 0 aliphatic heterocycles. The third-order valence-electron chi connectivity index (χ3n) is 3.72. The monoisotopic (exact) mass is 296 g/mol. The zero-order chi connectivity index (χ0) is 13.9. The molecule has 0 atom stereocenters. The van der Waals surface area contributed by atoms with Gasteiger partial charge in [0.25, 0.3) is 0 Å². The standard InChI is InChI=1S/C14H17ClN2OS/c1-2-17(9-11-5-6-12(15)19-11)13(18)14(10-16)7-3-4-8-14/h5-6H,2-4,7-9H2,1H3. The normalized spacial score (nSPS) is 17.1. The Labute approximate surface area is 122 Å². The lowest BCUT2D eigenvalue weighted by molar-refractivity contribution is -0.139. The van der Waals surface area contributed by atoms with E-state index in [1.165, 1.54) is 11.3 Å². The van der Waals surface area contributed by atoms with Gasteiger partial charge in [0.2, 0.25) is 5.91 Å². The molecule has 0 aromatic carbocycles. The largest absolute Gasteiger partial charge is 0.336 e. The molecule has 102 valence electrons. The second-order valence-electron chi connectivity index (χ2n) is 4.93. The van der Waals surface area contributed by atoms with Crippen LogP contribution < -0.4 is 0 Å². The van der Waals surface area contributed by atoms with E-state index in [-0.39, 0.29) is 5.91 Å². The topological polar surface area (TPSA) is 44.1 Å². The first kappa shape index (κ1) is 14.4. The van der Waals surface area contributed by atoms with Crippen molar-refractivity contribution in [1.29, 1.82) is 5.26 Å². The Kier molecular flexibility index (Phi) is 4.49. The van der Waals surface area contributed by atoms with Gasteiger partial charge in [0.1, 0.15) is 5.41 Å². The molecule has 19 heavy (non-hydrogen) atoms. The molecule has 0 N–H and O–H groups in total. The summed E-state index contributed by atoms with van der Waals surface area (Å²) in [5, 5.41) is 9.39. The molecule has 1 aromatic rings. The van der Waals surface area contributed by atoms with Crippen molar-refractivity contribution in [3.8, 4) is 6.07 Å². The highest BCUT2D eigenvalue weighted by atomic mass is 35.5. The van der Waals surface area contributed by atoms with E-state index in [1.807, 2.05) is 19.1 Å². The van der Waals surface area contributed by atoms with Crippen LogP contribution in [0.25, 0.3) is 0 Å². The first-order valence-electron chi connectivity index (χ1n) is 6.56. The van der Waals surface area contributed by atoms with E-state index < -0.39 is 5.41 Å². The van der Waals surface area contributed by atoms with Crippen LogP contribution >= 0.6 is 22.9 Å². The molecule has 3 nitrogen and oxygen atoms in total. The van der Waals surface area contributed by atoms with Crippen LogP contribution in [0, 0.1) is 16.7 Å². The Hall–Kier alpha value is -1.05. The lowest BCUT2D eigenvalue weighted by atomic mass is 9.86. The first-order valence-corrected chi connectivity index (χ1v) is 7.75. The van der Waals surface area contributed by atoms with E-state index in [0.29, 0.717) is 25.9 Å². The molecule has 0 unspecified atom stereocenters. The van der Waals surface area contributed by atoms with E-state index in [0.717, 1.165) is 22.1 Å². The fourth-order valence-corrected chi connectivity index (χ4v) is 3.71.